The summed E-state index contributed by atoms with van der Waals surface area (Å²) >= 11 is 0. The van der Waals surface area contributed by atoms with Crippen molar-refractivity contribution in [1.29, 1.82) is 0 Å². The van der Waals surface area contributed by atoms with Gasteiger partial charge in [-0.2, -0.15) is 0 Å². The minimum Gasteiger partial charge on any atom is -0.504 e. The van der Waals surface area contributed by atoms with Crippen LogP contribution in [0.2, 0.25) is 0 Å². The fourth-order valence-electron chi connectivity index (χ4n) is 6.15. The van der Waals surface area contributed by atoms with Crippen molar-refractivity contribution in [3.8, 4) is 16.9 Å². The summed E-state index contributed by atoms with van der Waals surface area (Å²) in [4.78, 5) is 19.0. The molecule has 1 N–H and O–H groups in total. The first-order valence-electron chi connectivity index (χ1n) is 12.4. The number of benzene rings is 2. The van der Waals surface area contributed by atoms with Crippen molar-refractivity contribution in [1.82, 2.24) is 9.88 Å². The molecule has 0 amide bonds. The Hall–Kier alpha value is -3.25. The van der Waals surface area contributed by atoms with Crippen LogP contribution in [-0.2, 0) is 20.7 Å². The first kappa shape index (κ1) is 23.5. The van der Waals surface area contributed by atoms with E-state index in [1.807, 2.05) is 6.07 Å². The van der Waals surface area contributed by atoms with E-state index in [-0.39, 0.29) is 17.9 Å². The maximum Gasteiger partial charge on any atom is 0.337 e. The molecule has 1 aromatic heterocycles. The second-order valence-electron chi connectivity index (χ2n) is 9.56. The lowest BCUT2D eigenvalue weighted by atomic mass is 9.74. The zero-order valence-electron chi connectivity index (χ0n) is 21.0. The minimum absolute atomic E-state index is 0.0767. The first-order chi connectivity index (χ1) is 17.1. The molecular formula is C29H34N2O4. The molecule has 3 aromatic rings. The summed E-state index contributed by atoms with van der Waals surface area (Å²) in [6.07, 6.45) is 4.40. The molecule has 35 heavy (non-hydrogen) atoms. The molecule has 2 aliphatic rings. The van der Waals surface area contributed by atoms with Crippen LogP contribution in [0.1, 0.15) is 37.1 Å². The van der Waals surface area contributed by atoms with E-state index in [9.17, 15) is 4.79 Å². The number of rotatable bonds is 6. The normalized spacial score (nSPS) is 22.4. The Morgan fingerprint density at radius 3 is 2.63 bits per heavy atom. The number of nitrogens with one attached hydrogen (secondary N) is 1. The van der Waals surface area contributed by atoms with E-state index in [0.717, 1.165) is 54.7 Å². The summed E-state index contributed by atoms with van der Waals surface area (Å²) in [5.41, 5.74) is 6.61. The predicted molar refractivity (Wildman–Crippen MR) is 137 cm³/mol. The number of hydrogen-bond donors (Lipinski definition) is 1. The third kappa shape index (κ3) is 4.10. The third-order valence-corrected chi connectivity index (χ3v) is 7.85. The molecule has 3 heterocycles. The predicted octanol–water partition coefficient (Wildman–Crippen LogP) is 5.49. The Labute approximate surface area is 206 Å². The van der Waals surface area contributed by atoms with Crippen LogP contribution in [0.15, 0.2) is 54.3 Å². The Balaban J connectivity index is 1.59. The average molecular weight is 475 g/mol. The number of esters is 1. The lowest BCUT2D eigenvalue weighted by Crippen LogP contribution is -2.47. The highest BCUT2D eigenvalue weighted by molar-refractivity contribution is 5.95. The largest absolute Gasteiger partial charge is 0.504 e. The van der Waals surface area contributed by atoms with Gasteiger partial charge in [0.15, 0.2) is 0 Å². The molecule has 0 saturated carbocycles. The fraction of sp³-hybridized carbons (Fsp3) is 0.414. The Bertz CT molecular complexity index is 1250. The van der Waals surface area contributed by atoms with E-state index in [1.54, 1.807) is 20.5 Å². The van der Waals surface area contributed by atoms with E-state index in [2.05, 4.69) is 53.2 Å². The topological polar surface area (TPSA) is 63.8 Å². The van der Waals surface area contributed by atoms with Crippen molar-refractivity contribution in [2.24, 2.45) is 11.8 Å². The molecule has 0 spiro atoms. The van der Waals surface area contributed by atoms with Gasteiger partial charge in [0.05, 0.1) is 44.7 Å². The Morgan fingerprint density at radius 2 is 1.94 bits per heavy atom. The van der Waals surface area contributed by atoms with Gasteiger partial charge in [-0.05, 0) is 53.5 Å². The van der Waals surface area contributed by atoms with Gasteiger partial charge < -0.3 is 19.2 Å². The van der Waals surface area contributed by atoms with Gasteiger partial charge in [-0.3, -0.25) is 4.90 Å². The fourth-order valence-corrected chi connectivity index (χ4v) is 6.15. The van der Waals surface area contributed by atoms with Crippen molar-refractivity contribution >= 4 is 16.9 Å². The number of ether oxygens (including phenoxy) is 3. The van der Waals surface area contributed by atoms with Crippen LogP contribution in [0.4, 0.5) is 0 Å². The number of aromatic nitrogens is 1. The summed E-state index contributed by atoms with van der Waals surface area (Å²) in [6.45, 7) is 4.15. The highest BCUT2D eigenvalue weighted by Gasteiger charge is 2.42. The highest BCUT2D eigenvalue weighted by Crippen LogP contribution is 2.47. The average Bonchev–Trinajstić information content (AvgIpc) is 3.29. The molecule has 0 radical (unpaired) electrons. The van der Waals surface area contributed by atoms with Crippen molar-refractivity contribution in [3.05, 3.63) is 65.6 Å². The Kier molecular flexibility index (Phi) is 6.56. The van der Waals surface area contributed by atoms with E-state index in [4.69, 9.17) is 14.2 Å². The summed E-state index contributed by atoms with van der Waals surface area (Å²) in [5.74, 6) is 1.05. The molecule has 2 unspecified atom stereocenters. The van der Waals surface area contributed by atoms with Crippen molar-refractivity contribution in [2.45, 2.75) is 32.2 Å². The summed E-state index contributed by atoms with van der Waals surface area (Å²) in [5, 5.41) is 1.18. The molecule has 0 aliphatic carbocycles. The van der Waals surface area contributed by atoms with Crippen LogP contribution < -0.4 is 4.74 Å². The second-order valence-corrected chi connectivity index (χ2v) is 9.56. The number of carbonyl (C=O) groups is 1. The van der Waals surface area contributed by atoms with E-state index >= 15 is 0 Å². The number of carbonyl (C=O) groups excluding carboxylic acids is 1. The monoisotopic (exact) mass is 474 g/mol. The number of aromatic amines is 1. The molecule has 5 rings (SSSR count). The number of nitrogens with zero attached hydrogens (tertiary/aromatic N) is 1. The van der Waals surface area contributed by atoms with Crippen LogP contribution in [0, 0.1) is 11.8 Å². The Morgan fingerprint density at radius 1 is 1.14 bits per heavy atom. The quantitative estimate of drug-likeness (QED) is 0.291. The molecule has 2 aromatic carbocycles. The first-order valence-corrected chi connectivity index (χ1v) is 12.4. The number of methoxy groups -OCH3 is 3. The maximum absolute atomic E-state index is 12.7. The van der Waals surface area contributed by atoms with Crippen molar-refractivity contribution < 1.29 is 19.0 Å². The minimum atomic E-state index is -0.300. The van der Waals surface area contributed by atoms with Crippen LogP contribution in [0.3, 0.4) is 0 Å². The van der Waals surface area contributed by atoms with Crippen LogP contribution in [0.25, 0.3) is 22.0 Å². The zero-order valence-corrected chi connectivity index (χ0v) is 21.0. The van der Waals surface area contributed by atoms with Gasteiger partial charge in [0.1, 0.15) is 5.75 Å². The molecule has 3 atom stereocenters. The SMILES string of the molecule is CC[C@@H]1CN2CCc3c([nH]c4cc(-c5ccccc5)cc(OC)c34)C2CC1/C(=C\OC)C(=O)OC. The molecule has 1 saturated heterocycles. The summed E-state index contributed by atoms with van der Waals surface area (Å²) in [7, 11) is 4.78. The zero-order chi connectivity index (χ0) is 24.5. The van der Waals surface area contributed by atoms with Gasteiger partial charge in [-0.25, -0.2) is 4.79 Å². The van der Waals surface area contributed by atoms with Crippen molar-refractivity contribution in [2.75, 3.05) is 34.4 Å². The van der Waals surface area contributed by atoms with Crippen LogP contribution in [-0.4, -0.2) is 50.3 Å². The maximum atomic E-state index is 12.7. The second kappa shape index (κ2) is 9.78. The van der Waals surface area contributed by atoms with Gasteiger partial charge in [-0.1, -0.05) is 43.7 Å². The molecule has 184 valence electrons. The lowest BCUT2D eigenvalue weighted by Gasteiger charge is -2.46. The van der Waals surface area contributed by atoms with Gasteiger partial charge in [0.25, 0.3) is 0 Å². The molecule has 6 heteroatoms. The van der Waals surface area contributed by atoms with Crippen LogP contribution >= 0.6 is 0 Å². The summed E-state index contributed by atoms with van der Waals surface area (Å²) in [6, 6.07) is 15.0. The van der Waals surface area contributed by atoms with Gasteiger partial charge >= 0.3 is 5.97 Å². The third-order valence-electron chi connectivity index (χ3n) is 7.85. The smallest absolute Gasteiger partial charge is 0.337 e. The standard InChI is InChI=1S/C29H34N2O4/c1-5-18-16-31-12-11-21-27-24(13-20(14-26(27)34-3)19-9-7-6-8-10-19)30-28(21)25(31)15-22(18)23(17-33-2)29(32)35-4/h6-10,13-14,17-18,22,25,30H,5,11-12,15-16H2,1-4H3/b23-17+/t18-,22?,25?/m1/s1. The lowest BCUT2D eigenvalue weighted by molar-refractivity contribution is -0.137. The van der Waals surface area contributed by atoms with E-state index < -0.39 is 0 Å². The molecular weight excluding hydrogens is 440 g/mol. The molecule has 2 aliphatic heterocycles. The highest BCUT2D eigenvalue weighted by atomic mass is 16.5. The number of fused-ring (bicyclic) bond motifs is 5. The molecule has 6 nitrogen and oxygen atoms in total. The number of H-pyrrole nitrogens is 1. The number of hydrogen-bond acceptors (Lipinski definition) is 5. The van der Waals surface area contributed by atoms with Gasteiger partial charge in [0, 0.05) is 24.2 Å². The molecule has 0 bridgehead atoms. The van der Waals surface area contributed by atoms with Gasteiger partial charge in [0.2, 0.25) is 0 Å². The van der Waals surface area contributed by atoms with E-state index in [1.165, 1.54) is 23.8 Å². The van der Waals surface area contributed by atoms with Gasteiger partial charge in [-0.15, -0.1) is 0 Å². The van der Waals surface area contributed by atoms with Crippen LogP contribution in [0.5, 0.6) is 5.75 Å². The summed E-state index contributed by atoms with van der Waals surface area (Å²) < 4.78 is 16.3. The number of piperidine rings is 1. The van der Waals surface area contributed by atoms with E-state index in [0.29, 0.717) is 11.5 Å². The molecule has 1 fully saturated rings. The van der Waals surface area contributed by atoms with Crippen molar-refractivity contribution in [3.63, 3.8) is 0 Å².